The molecule has 1 aromatic rings. The standard InChI is InChI=1S/C14H18N2O4/c1-3-13(17)16-9(2)14(18)15-7-10-4-5-11-12(6-10)20-8-19-11/h4-6,9H,3,7-8H2,1-2H3,(H,15,18)(H,16,17)/t9-/m0/s1. The van der Waals surface area contributed by atoms with E-state index >= 15 is 0 Å². The third-order valence-corrected chi connectivity index (χ3v) is 3.00. The van der Waals surface area contributed by atoms with Crippen LogP contribution in [0.2, 0.25) is 0 Å². The zero-order valence-corrected chi connectivity index (χ0v) is 11.6. The molecule has 2 rings (SSSR count). The number of amides is 2. The summed E-state index contributed by atoms with van der Waals surface area (Å²) in [6.07, 6.45) is 0.361. The van der Waals surface area contributed by atoms with Crippen LogP contribution in [0.25, 0.3) is 0 Å². The van der Waals surface area contributed by atoms with E-state index in [1.165, 1.54) is 0 Å². The number of rotatable bonds is 5. The van der Waals surface area contributed by atoms with Gasteiger partial charge in [0.15, 0.2) is 11.5 Å². The van der Waals surface area contributed by atoms with Gasteiger partial charge in [0.1, 0.15) is 6.04 Å². The summed E-state index contributed by atoms with van der Waals surface area (Å²) in [5.74, 6) is 1.04. The molecule has 0 saturated heterocycles. The zero-order valence-electron chi connectivity index (χ0n) is 11.6. The van der Waals surface area contributed by atoms with Crippen LogP contribution < -0.4 is 20.1 Å². The second-order valence-electron chi connectivity index (χ2n) is 4.55. The minimum atomic E-state index is -0.545. The molecule has 1 aliphatic rings. The Morgan fingerprint density at radius 2 is 2.05 bits per heavy atom. The first-order valence-electron chi connectivity index (χ1n) is 6.55. The molecule has 1 aromatic carbocycles. The number of carbonyl (C=O) groups excluding carboxylic acids is 2. The van der Waals surface area contributed by atoms with Gasteiger partial charge in [0.2, 0.25) is 18.6 Å². The third kappa shape index (κ3) is 3.40. The smallest absolute Gasteiger partial charge is 0.242 e. The highest BCUT2D eigenvalue weighted by Crippen LogP contribution is 2.32. The number of ether oxygens (including phenoxy) is 2. The van der Waals surface area contributed by atoms with Crippen molar-refractivity contribution >= 4 is 11.8 Å². The lowest BCUT2D eigenvalue weighted by atomic mass is 10.2. The van der Waals surface area contributed by atoms with Crippen molar-refractivity contribution in [3.63, 3.8) is 0 Å². The summed E-state index contributed by atoms with van der Waals surface area (Å²) in [6.45, 7) is 4.00. The van der Waals surface area contributed by atoms with Crippen molar-refractivity contribution in [1.29, 1.82) is 0 Å². The second-order valence-corrected chi connectivity index (χ2v) is 4.55. The van der Waals surface area contributed by atoms with Crippen LogP contribution in [-0.2, 0) is 16.1 Å². The fourth-order valence-corrected chi connectivity index (χ4v) is 1.80. The minimum absolute atomic E-state index is 0.143. The van der Waals surface area contributed by atoms with Crippen molar-refractivity contribution < 1.29 is 19.1 Å². The number of hydrogen-bond donors (Lipinski definition) is 2. The molecule has 0 saturated carbocycles. The van der Waals surface area contributed by atoms with E-state index < -0.39 is 6.04 Å². The molecule has 0 fully saturated rings. The van der Waals surface area contributed by atoms with Crippen LogP contribution in [-0.4, -0.2) is 24.6 Å². The summed E-state index contributed by atoms with van der Waals surface area (Å²) in [5.41, 5.74) is 0.914. The highest BCUT2D eigenvalue weighted by Gasteiger charge is 2.16. The summed E-state index contributed by atoms with van der Waals surface area (Å²) < 4.78 is 10.5. The van der Waals surface area contributed by atoms with Gasteiger partial charge in [-0.05, 0) is 24.6 Å². The molecule has 0 bridgehead atoms. The van der Waals surface area contributed by atoms with Crippen LogP contribution in [0.3, 0.4) is 0 Å². The molecule has 1 atom stereocenters. The van der Waals surface area contributed by atoms with Crippen LogP contribution in [0.15, 0.2) is 18.2 Å². The summed E-state index contributed by atoms with van der Waals surface area (Å²) in [6, 6.07) is 4.96. The van der Waals surface area contributed by atoms with Gasteiger partial charge in [-0.15, -0.1) is 0 Å². The second kappa shape index (κ2) is 6.27. The molecular weight excluding hydrogens is 260 g/mol. The Kier molecular flexibility index (Phi) is 4.45. The molecule has 0 spiro atoms. The van der Waals surface area contributed by atoms with Crippen LogP contribution in [0.5, 0.6) is 11.5 Å². The highest BCUT2D eigenvalue weighted by atomic mass is 16.7. The molecule has 108 valence electrons. The first kappa shape index (κ1) is 14.2. The Morgan fingerprint density at radius 1 is 1.30 bits per heavy atom. The maximum atomic E-state index is 11.8. The van der Waals surface area contributed by atoms with Crippen molar-refractivity contribution in [3.8, 4) is 11.5 Å². The Morgan fingerprint density at radius 3 is 2.80 bits per heavy atom. The van der Waals surface area contributed by atoms with Crippen molar-refractivity contribution in [2.45, 2.75) is 32.9 Å². The van der Waals surface area contributed by atoms with Gasteiger partial charge in [-0.2, -0.15) is 0 Å². The molecule has 0 radical (unpaired) electrons. The molecule has 0 unspecified atom stereocenters. The van der Waals surface area contributed by atoms with E-state index in [1.807, 2.05) is 18.2 Å². The number of fused-ring (bicyclic) bond motifs is 1. The average molecular weight is 278 g/mol. The van der Waals surface area contributed by atoms with E-state index in [9.17, 15) is 9.59 Å². The molecular formula is C14H18N2O4. The van der Waals surface area contributed by atoms with Gasteiger partial charge in [0.05, 0.1) is 0 Å². The van der Waals surface area contributed by atoms with Gasteiger partial charge in [0.25, 0.3) is 0 Å². The summed E-state index contributed by atoms with van der Waals surface area (Å²) >= 11 is 0. The normalized spacial score (nSPS) is 13.7. The highest BCUT2D eigenvalue weighted by molar-refractivity contribution is 5.87. The van der Waals surface area contributed by atoms with Gasteiger partial charge < -0.3 is 20.1 Å². The molecule has 20 heavy (non-hydrogen) atoms. The zero-order chi connectivity index (χ0) is 14.5. The number of benzene rings is 1. The lowest BCUT2D eigenvalue weighted by Crippen LogP contribution is -2.44. The van der Waals surface area contributed by atoms with Gasteiger partial charge in [0, 0.05) is 13.0 Å². The van der Waals surface area contributed by atoms with E-state index in [1.54, 1.807) is 13.8 Å². The molecule has 6 heteroatoms. The van der Waals surface area contributed by atoms with Crippen molar-refractivity contribution in [1.82, 2.24) is 10.6 Å². The quantitative estimate of drug-likeness (QED) is 0.840. The molecule has 1 heterocycles. The van der Waals surface area contributed by atoms with Crippen molar-refractivity contribution in [2.24, 2.45) is 0 Å². The monoisotopic (exact) mass is 278 g/mol. The predicted octanol–water partition coefficient (Wildman–Crippen LogP) is 0.946. The molecule has 2 N–H and O–H groups in total. The number of hydrogen-bond acceptors (Lipinski definition) is 4. The van der Waals surface area contributed by atoms with Crippen LogP contribution in [0.1, 0.15) is 25.8 Å². The topological polar surface area (TPSA) is 76.7 Å². The van der Waals surface area contributed by atoms with Crippen LogP contribution in [0.4, 0.5) is 0 Å². The lowest BCUT2D eigenvalue weighted by molar-refractivity contribution is -0.128. The first-order valence-corrected chi connectivity index (χ1v) is 6.55. The fourth-order valence-electron chi connectivity index (χ4n) is 1.80. The molecule has 0 aliphatic carbocycles. The van der Waals surface area contributed by atoms with Gasteiger partial charge in [-0.1, -0.05) is 13.0 Å². The summed E-state index contributed by atoms with van der Waals surface area (Å²) in [5, 5.41) is 5.38. The van der Waals surface area contributed by atoms with E-state index in [2.05, 4.69) is 10.6 Å². The SMILES string of the molecule is CCC(=O)N[C@@H](C)C(=O)NCc1ccc2c(c1)OCO2. The summed E-state index contributed by atoms with van der Waals surface area (Å²) in [4.78, 5) is 23.0. The maximum Gasteiger partial charge on any atom is 0.242 e. The Balaban J connectivity index is 1.85. The van der Waals surface area contributed by atoms with E-state index in [0.717, 1.165) is 5.56 Å². The average Bonchev–Trinajstić information content (AvgIpc) is 2.91. The minimum Gasteiger partial charge on any atom is -0.454 e. The van der Waals surface area contributed by atoms with E-state index in [-0.39, 0.29) is 18.6 Å². The van der Waals surface area contributed by atoms with Gasteiger partial charge in [-0.25, -0.2) is 0 Å². The third-order valence-electron chi connectivity index (χ3n) is 3.00. The maximum absolute atomic E-state index is 11.8. The van der Waals surface area contributed by atoms with Crippen LogP contribution in [0, 0.1) is 0 Å². The van der Waals surface area contributed by atoms with E-state index in [4.69, 9.17) is 9.47 Å². The van der Waals surface area contributed by atoms with Gasteiger partial charge >= 0.3 is 0 Å². The van der Waals surface area contributed by atoms with Crippen molar-refractivity contribution in [2.75, 3.05) is 6.79 Å². The Bertz CT molecular complexity index is 516. The first-order chi connectivity index (χ1) is 9.60. The Hall–Kier alpha value is -2.24. The fraction of sp³-hybridized carbons (Fsp3) is 0.429. The number of carbonyl (C=O) groups is 2. The lowest BCUT2D eigenvalue weighted by Gasteiger charge is -2.13. The van der Waals surface area contributed by atoms with Gasteiger partial charge in [-0.3, -0.25) is 9.59 Å². The largest absolute Gasteiger partial charge is 0.454 e. The van der Waals surface area contributed by atoms with E-state index in [0.29, 0.717) is 24.5 Å². The van der Waals surface area contributed by atoms with Crippen molar-refractivity contribution in [3.05, 3.63) is 23.8 Å². The molecule has 6 nitrogen and oxygen atoms in total. The predicted molar refractivity (Wildman–Crippen MR) is 72.3 cm³/mol. The molecule has 1 aliphatic heterocycles. The summed E-state index contributed by atoms with van der Waals surface area (Å²) in [7, 11) is 0. The van der Waals surface area contributed by atoms with Crippen LogP contribution >= 0.6 is 0 Å². The molecule has 0 aromatic heterocycles. The number of nitrogens with one attached hydrogen (secondary N) is 2. The Labute approximate surface area is 117 Å². The molecule has 2 amide bonds.